The van der Waals surface area contributed by atoms with Gasteiger partial charge >= 0.3 is 0 Å². The molecule has 0 saturated carbocycles. The first-order chi connectivity index (χ1) is 11.1. The van der Waals surface area contributed by atoms with E-state index in [0.29, 0.717) is 23.1 Å². The van der Waals surface area contributed by atoms with Gasteiger partial charge in [0.1, 0.15) is 11.9 Å². The summed E-state index contributed by atoms with van der Waals surface area (Å²) in [7, 11) is 0. The molecule has 1 fully saturated rings. The summed E-state index contributed by atoms with van der Waals surface area (Å²) in [4.78, 5) is 13.1. The third kappa shape index (κ3) is 3.71. The van der Waals surface area contributed by atoms with Crippen molar-refractivity contribution in [2.75, 3.05) is 18.0 Å². The van der Waals surface area contributed by atoms with Crippen molar-refractivity contribution in [3.05, 3.63) is 47.1 Å². The molecule has 1 atom stereocenters. The van der Waals surface area contributed by atoms with E-state index in [0.717, 1.165) is 19.4 Å². The molecule has 0 unspecified atom stereocenters. The van der Waals surface area contributed by atoms with E-state index in [1.807, 2.05) is 24.3 Å². The molecule has 1 aromatic heterocycles. The Balaban J connectivity index is 1.68. The first-order valence-electron chi connectivity index (χ1n) is 7.43. The first kappa shape index (κ1) is 15.6. The van der Waals surface area contributed by atoms with E-state index in [1.54, 1.807) is 12.1 Å². The first-order valence-corrected chi connectivity index (χ1v) is 7.81. The topological polar surface area (TPSA) is 81.3 Å². The maximum atomic E-state index is 11.0. The van der Waals surface area contributed by atoms with Gasteiger partial charge in [-0.15, -0.1) is 10.2 Å². The largest absolute Gasteiger partial charge is 0.487 e. The SMILES string of the molecule is NC(=O)c1ccc(N2CCC[C@@H](Oc3ccccc3Cl)C2)nn1. The molecule has 0 spiro atoms. The maximum absolute atomic E-state index is 11.0. The third-order valence-corrected chi connectivity index (χ3v) is 4.05. The highest BCUT2D eigenvalue weighted by Gasteiger charge is 2.23. The van der Waals surface area contributed by atoms with Crippen LogP contribution in [0.2, 0.25) is 5.02 Å². The van der Waals surface area contributed by atoms with Crippen LogP contribution in [-0.4, -0.2) is 35.3 Å². The van der Waals surface area contributed by atoms with Crippen LogP contribution in [0.15, 0.2) is 36.4 Å². The smallest absolute Gasteiger partial charge is 0.269 e. The minimum atomic E-state index is -0.581. The maximum Gasteiger partial charge on any atom is 0.269 e. The van der Waals surface area contributed by atoms with Crippen molar-refractivity contribution < 1.29 is 9.53 Å². The number of amides is 1. The van der Waals surface area contributed by atoms with Crippen molar-refractivity contribution in [3.8, 4) is 5.75 Å². The lowest BCUT2D eigenvalue weighted by molar-refractivity contribution is 0.0994. The van der Waals surface area contributed by atoms with Crippen molar-refractivity contribution in [2.24, 2.45) is 5.73 Å². The lowest BCUT2D eigenvalue weighted by Crippen LogP contribution is -2.41. The molecule has 1 aromatic carbocycles. The Labute approximate surface area is 139 Å². The molecule has 3 rings (SSSR count). The Bertz CT molecular complexity index is 693. The normalized spacial score (nSPS) is 17.8. The summed E-state index contributed by atoms with van der Waals surface area (Å²) in [6.45, 7) is 1.56. The molecule has 23 heavy (non-hydrogen) atoms. The highest BCUT2D eigenvalue weighted by atomic mass is 35.5. The number of benzene rings is 1. The zero-order valence-corrected chi connectivity index (χ0v) is 13.2. The van der Waals surface area contributed by atoms with E-state index in [2.05, 4.69) is 15.1 Å². The molecule has 7 heteroatoms. The van der Waals surface area contributed by atoms with Gasteiger partial charge < -0.3 is 15.4 Å². The van der Waals surface area contributed by atoms with Crippen molar-refractivity contribution in [2.45, 2.75) is 18.9 Å². The number of ether oxygens (including phenoxy) is 1. The van der Waals surface area contributed by atoms with E-state index in [-0.39, 0.29) is 11.8 Å². The molecule has 1 amide bonds. The van der Waals surface area contributed by atoms with Crippen LogP contribution in [0.25, 0.3) is 0 Å². The Morgan fingerprint density at radius 1 is 1.26 bits per heavy atom. The molecule has 0 radical (unpaired) electrons. The third-order valence-electron chi connectivity index (χ3n) is 3.74. The number of rotatable bonds is 4. The predicted octanol–water partition coefficient (Wildman–Crippen LogP) is 2.28. The fraction of sp³-hybridized carbons (Fsp3) is 0.312. The minimum absolute atomic E-state index is 0.0290. The zero-order valence-electron chi connectivity index (χ0n) is 12.5. The quantitative estimate of drug-likeness (QED) is 0.928. The van der Waals surface area contributed by atoms with E-state index < -0.39 is 5.91 Å². The average Bonchev–Trinajstić information content (AvgIpc) is 2.57. The standard InChI is InChI=1S/C16H17ClN4O2/c17-12-5-1-2-6-14(12)23-11-4-3-9-21(10-11)15-8-7-13(16(18)22)19-20-15/h1-2,5-8,11H,3-4,9-10H2,(H2,18,22)/t11-/m1/s1. The number of nitrogens with zero attached hydrogens (tertiary/aromatic N) is 3. The van der Waals surface area contributed by atoms with E-state index in [4.69, 9.17) is 22.1 Å². The molecule has 1 aliphatic rings. The van der Waals surface area contributed by atoms with Crippen LogP contribution >= 0.6 is 11.6 Å². The van der Waals surface area contributed by atoms with Gasteiger partial charge in [-0.1, -0.05) is 23.7 Å². The Morgan fingerprint density at radius 2 is 2.09 bits per heavy atom. The van der Waals surface area contributed by atoms with Crippen molar-refractivity contribution in [1.82, 2.24) is 10.2 Å². The van der Waals surface area contributed by atoms with Gasteiger partial charge in [0.15, 0.2) is 11.5 Å². The number of para-hydroxylation sites is 1. The predicted molar refractivity (Wildman–Crippen MR) is 87.9 cm³/mol. The van der Waals surface area contributed by atoms with Gasteiger partial charge in [-0.05, 0) is 37.1 Å². The number of hydrogen-bond donors (Lipinski definition) is 1. The summed E-state index contributed by atoms with van der Waals surface area (Å²) in [5.41, 5.74) is 5.34. The van der Waals surface area contributed by atoms with Gasteiger partial charge in [-0.3, -0.25) is 4.79 Å². The molecule has 6 nitrogen and oxygen atoms in total. The van der Waals surface area contributed by atoms with Crippen LogP contribution in [0.4, 0.5) is 5.82 Å². The summed E-state index contributed by atoms with van der Waals surface area (Å²) in [5.74, 6) is 0.821. The molecule has 2 N–H and O–H groups in total. The Kier molecular flexibility index (Phi) is 4.62. The van der Waals surface area contributed by atoms with Gasteiger partial charge in [0, 0.05) is 6.54 Å². The van der Waals surface area contributed by atoms with E-state index in [1.165, 1.54) is 0 Å². The van der Waals surface area contributed by atoms with Crippen LogP contribution in [-0.2, 0) is 0 Å². The Morgan fingerprint density at radius 3 is 2.78 bits per heavy atom. The number of primary amides is 1. The van der Waals surface area contributed by atoms with Crippen LogP contribution in [0, 0.1) is 0 Å². The molecular formula is C16H17ClN4O2. The summed E-state index contributed by atoms with van der Waals surface area (Å²) in [6.07, 6.45) is 1.96. The summed E-state index contributed by atoms with van der Waals surface area (Å²) < 4.78 is 6.00. The summed E-state index contributed by atoms with van der Waals surface area (Å²) in [5, 5.41) is 8.53. The molecule has 2 aromatic rings. The number of carbonyl (C=O) groups excluding carboxylic acids is 1. The zero-order chi connectivity index (χ0) is 16.2. The Hall–Kier alpha value is -2.34. The molecule has 1 saturated heterocycles. The van der Waals surface area contributed by atoms with Gasteiger partial charge in [0.25, 0.3) is 5.91 Å². The van der Waals surface area contributed by atoms with Gasteiger partial charge in [-0.25, -0.2) is 0 Å². The van der Waals surface area contributed by atoms with Crippen LogP contribution < -0.4 is 15.4 Å². The monoisotopic (exact) mass is 332 g/mol. The number of aromatic nitrogens is 2. The van der Waals surface area contributed by atoms with Crippen LogP contribution in [0.3, 0.4) is 0 Å². The second-order valence-electron chi connectivity index (χ2n) is 5.40. The highest BCUT2D eigenvalue weighted by molar-refractivity contribution is 6.32. The van der Waals surface area contributed by atoms with Crippen LogP contribution in [0.1, 0.15) is 23.3 Å². The number of halogens is 1. The molecule has 1 aliphatic heterocycles. The number of piperidine rings is 1. The van der Waals surface area contributed by atoms with Crippen molar-refractivity contribution in [3.63, 3.8) is 0 Å². The summed E-state index contributed by atoms with van der Waals surface area (Å²) in [6, 6.07) is 10.8. The van der Waals surface area contributed by atoms with Gasteiger partial charge in [0.2, 0.25) is 0 Å². The molecule has 0 aliphatic carbocycles. The number of anilines is 1. The fourth-order valence-electron chi connectivity index (χ4n) is 2.59. The van der Waals surface area contributed by atoms with E-state index >= 15 is 0 Å². The van der Waals surface area contributed by atoms with Crippen molar-refractivity contribution in [1.29, 1.82) is 0 Å². The molecular weight excluding hydrogens is 316 g/mol. The lowest BCUT2D eigenvalue weighted by atomic mass is 10.1. The number of carbonyl (C=O) groups is 1. The fourth-order valence-corrected chi connectivity index (χ4v) is 2.77. The second-order valence-corrected chi connectivity index (χ2v) is 5.81. The average molecular weight is 333 g/mol. The summed E-state index contributed by atoms with van der Waals surface area (Å²) >= 11 is 6.14. The highest BCUT2D eigenvalue weighted by Crippen LogP contribution is 2.27. The molecule has 2 heterocycles. The number of hydrogen-bond acceptors (Lipinski definition) is 5. The number of nitrogens with two attached hydrogens (primary N) is 1. The van der Waals surface area contributed by atoms with Crippen LogP contribution in [0.5, 0.6) is 5.75 Å². The molecule has 120 valence electrons. The van der Waals surface area contributed by atoms with Gasteiger partial charge in [0.05, 0.1) is 11.6 Å². The second kappa shape index (κ2) is 6.83. The van der Waals surface area contributed by atoms with Gasteiger partial charge in [-0.2, -0.15) is 0 Å². The molecule has 0 bridgehead atoms. The lowest BCUT2D eigenvalue weighted by Gasteiger charge is -2.33. The van der Waals surface area contributed by atoms with E-state index in [9.17, 15) is 4.79 Å². The van der Waals surface area contributed by atoms with Crippen molar-refractivity contribution >= 4 is 23.3 Å². The minimum Gasteiger partial charge on any atom is -0.487 e.